The molecule has 0 radical (unpaired) electrons. The first kappa shape index (κ1) is 24.7. The summed E-state index contributed by atoms with van der Waals surface area (Å²) in [4.78, 5) is 5.32. The van der Waals surface area contributed by atoms with Crippen LogP contribution in [-0.2, 0) is 4.84 Å². The van der Waals surface area contributed by atoms with Crippen LogP contribution in [0.1, 0.15) is 64.3 Å². The van der Waals surface area contributed by atoms with Crippen molar-refractivity contribution in [3.8, 4) is 0 Å². The summed E-state index contributed by atoms with van der Waals surface area (Å²) in [6.07, 6.45) is 5.04. The number of nitrogen functional groups attached to an aromatic ring is 1. The molecule has 0 aliphatic rings. The first-order chi connectivity index (χ1) is 15.6. The standard InChI is InChI=1S/C18H32N10O4/c1-4-5-6-9-20-16(23-29)14-18(28-32-25-14)22-11-30-27-17(13-15(19)26-31-24-13)21-10-7-8-12(2)3/h12,29H,4-11H2,1-3H3,(H2,19,26)(H,20,23)(H,21,27)(H,22,28). The van der Waals surface area contributed by atoms with E-state index >= 15 is 0 Å². The lowest BCUT2D eigenvalue weighted by Gasteiger charge is -2.09. The number of hydrogen-bond acceptors (Lipinski definition) is 12. The maximum atomic E-state index is 9.29. The Hall–Kier alpha value is -3.58. The molecule has 32 heavy (non-hydrogen) atoms. The monoisotopic (exact) mass is 452 g/mol. The zero-order chi connectivity index (χ0) is 23.2. The number of hydrogen-bond donors (Lipinski definition) is 5. The highest BCUT2D eigenvalue weighted by Crippen LogP contribution is 2.10. The molecule has 14 heteroatoms. The molecule has 0 fully saturated rings. The van der Waals surface area contributed by atoms with Crippen LogP contribution in [0.3, 0.4) is 0 Å². The molecule has 0 aliphatic heterocycles. The van der Waals surface area contributed by atoms with Gasteiger partial charge in [0, 0.05) is 13.1 Å². The Morgan fingerprint density at radius 2 is 1.75 bits per heavy atom. The zero-order valence-corrected chi connectivity index (χ0v) is 18.7. The van der Waals surface area contributed by atoms with Crippen LogP contribution in [0.4, 0.5) is 11.6 Å². The molecule has 0 bridgehead atoms. The molecule has 6 N–H and O–H groups in total. The van der Waals surface area contributed by atoms with Crippen LogP contribution in [0.25, 0.3) is 0 Å². The summed E-state index contributed by atoms with van der Waals surface area (Å²) in [5.41, 5.74) is 6.24. The number of oxime groups is 2. The van der Waals surface area contributed by atoms with Gasteiger partial charge in [0.1, 0.15) is 0 Å². The molecule has 0 aliphatic carbocycles. The summed E-state index contributed by atoms with van der Waals surface area (Å²) in [7, 11) is 0. The van der Waals surface area contributed by atoms with Gasteiger partial charge in [0.25, 0.3) is 0 Å². The fraction of sp³-hybridized carbons (Fsp3) is 0.667. The number of rotatable bonds is 14. The molecule has 0 saturated heterocycles. The van der Waals surface area contributed by atoms with Gasteiger partial charge in [-0.15, -0.1) is 0 Å². The van der Waals surface area contributed by atoms with Crippen LogP contribution in [-0.4, -0.2) is 57.3 Å². The molecule has 0 unspecified atom stereocenters. The van der Waals surface area contributed by atoms with Gasteiger partial charge in [-0.3, -0.25) is 0 Å². The van der Waals surface area contributed by atoms with E-state index in [9.17, 15) is 5.21 Å². The fourth-order valence-electron chi connectivity index (χ4n) is 2.64. The maximum Gasteiger partial charge on any atom is 0.204 e. The molecular weight excluding hydrogens is 420 g/mol. The topological polar surface area (TPSA) is 194 Å². The van der Waals surface area contributed by atoms with E-state index in [1.54, 1.807) is 0 Å². The van der Waals surface area contributed by atoms with Gasteiger partial charge in [0.15, 0.2) is 35.6 Å². The predicted octanol–water partition coefficient (Wildman–Crippen LogP) is 1.72. The van der Waals surface area contributed by atoms with Crippen molar-refractivity contribution in [2.24, 2.45) is 16.2 Å². The largest absolute Gasteiger partial charge is 0.409 e. The molecule has 2 aromatic heterocycles. The number of nitrogens with zero attached hydrogens (tertiary/aromatic N) is 6. The highest BCUT2D eigenvalue weighted by atomic mass is 16.6. The van der Waals surface area contributed by atoms with Crippen molar-refractivity contribution in [1.29, 1.82) is 0 Å². The van der Waals surface area contributed by atoms with Crippen LogP contribution >= 0.6 is 0 Å². The summed E-state index contributed by atoms with van der Waals surface area (Å²) in [5.74, 6) is 1.35. The summed E-state index contributed by atoms with van der Waals surface area (Å²) >= 11 is 0. The van der Waals surface area contributed by atoms with E-state index in [1.165, 1.54) is 0 Å². The summed E-state index contributed by atoms with van der Waals surface area (Å²) < 4.78 is 9.39. The third-order valence-corrected chi connectivity index (χ3v) is 4.33. The van der Waals surface area contributed by atoms with E-state index in [2.05, 4.69) is 72.3 Å². The average Bonchev–Trinajstić information content (AvgIpc) is 3.41. The second-order valence-electron chi connectivity index (χ2n) is 7.39. The van der Waals surface area contributed by atoms with Gasteiger partial charge in [0.05, 0.1) is 0 Å². The minimum Gasteiger partial charge on any atom is -0.409 e. The molecule has 14 nitrogen and oxygen atoms in total. The molecule has 178 valence electrons. The van der Waals surface area contributed by atoms with Crippen molar-refractivity contribution in [3.05, 3.63) is 11.4 Å². The van der Waals surface area contributed by atoms with Gasteiger partial charge in [-0.2, -0.15) is 0 Å². The molecule has 2 rings (SSSR count). The zero-order valence-electron chi connectivity index (χ0n) is 18.7. The SMILES string of the molecule is CCCCCN/C(=N\O)c1nonc1NCO/N=C(/NCCCC(C)C)c1nonc1N. The van der Waals surface area contributed by atoms with Crippen molar-refractivity contribution >= 4 is 23.3 Å². The Bertz CT molecular complexity index is 848. The minimum atomic E-state index is -0.0852. The van der Waals surface area contributed by atoms with Crippen LogP contribution in [0.15, 0.2) is 19.6 Å². The van der Waals surface area contributed by atoms with Gasteiger partial charge in [0.2, 0.25) is 5.82 Å². The Labute approximate surface area is 185 Å². The minimum absolute atomic E-state index is 0.0852. The van der Waals surface area contributed by atoms with Crippen LogP contribution in [0, 0.1) is 5.92 Å². The second kappa shape index (κ2) is 13.7. The molecule has 0 amide bonds. The molecule has 0 aromatic carbocycles. The molecule has 2 heterocycles. The fourth-order valence-corrected chi connectivity index (χ4v) is 2.64. The van der Waals surface area contributed by atoms with Gasteiger partial charge in [-0.25, -0.2) is 9.26 Å². The normalized spacial score (nSPS) is 12.2. The van der Waals surface area contributed by atoms with E-state index < -0.39 is 0 Å². The Morgan fingerprint density at radius 3 is 2.44 bits per heavy atom. The van der Waals surface area contributed by atoms with Gasteiger partial charge in [-0.05, 0) is 45.8 Å². The first-order valence-electron chi connectivity index (χ1n) is 10.6. The number of anilines is 2. The molecule has 0 spiro atoms. The molecule has 0 atom stereocenters. The van der Waals surface area contributed by atoms with E-state index in [0.717, 1.165) is 32.1 Å². The molecule has 2 aromatic rings. The number of unbranched alkanes of at least 4 members (excludes halogenated alkanes) is 2. The highest BCUT2D eigenvalue weighted by molar-refractivity contribution is 6.00. The van der Waals surface area contributed by atoms with Gasteiger partial charge < -0.3 is 31.7 Å². The van der Waals surface area contributed by atoms with Crippen molar-refractivity contribution in [3.63, 3.8) is 0 Å². The summed E-state index contributed by atoms with van der Waals surface area (Å²) in [6.45, 7) is 7.61. The van der Waals surface area contributed by atoms with Gasteiger partial charge >= 0.3 is 0 Å². The summed E-state index contributed by atoms with van der Waals surface area (Å²) in [5, 5.41) is 40.4. The summed E-state index contributed by atoms with van der Waals surface area (Å²) in [6, 6.07) is 0. The lowest BCUT2D eigenvalue weighted by molar-refractivity contribution is 0.162. The van der Waals surface area contributed by atoms with E-state index in [0.29, 0.717) is 24.8 Å². The third-order valence-electron chi connectivity index (χ3n) is 4.33. The second-order valence-corrected chi connectivity index (χ2v) is 7.39. The van der Waals surface area contributed by atoms with Crippen molar-refractivity contribution in [2.75, 3.05) is 30.9 Å². The highest BCUT2D eigenvalue weighted by Gasteiger charge is 2.18. The maximum absolute atomic E-state index is 9.29. The Kier molecular flexibility index (Phi) is 10.5. The lowest BCUT2D eigenvalue weighted by Crippen LogP contribution is -2.28. The van der Waals surface area contributed by atoms with Crippen LogP contribution in [0.2, 0.25) is 0 Å². The number of amidine groups is 2. The average molecular weight is 453 g/mol. The quantitative estimate of drug-likeness (QED) is 0.0696. The number of nitrogens with one attached hydrogen (secondary N) is 3. The van der Waals surface area contributed by atoms with Gasteiger partial charge in [-0.1, -0.05) is 43.9 Å². The number of nitrogens with two attached hydrogens (primary N) is 1. The first-order valence-corrected chi connectivity index (χ1v) is 10.6. The van der Waals surface area contributed by atoms with Crippen LogP contribution in [0.5, 0.6) is 0 Å². The third kappa shape index (κ3) is 7.92. The molecular formula is C18H32N10O4. The van der Waals surface area contributed by atoms with E-state index in [-0.39, 0.29) is 35.6 Å². The Balaban J connectivity index is 1.92. The number of aromatic nitrogens is 4. The Morgan fingerprint density at radius 1 is 1.03 bits per heavy atom. The van der Waals surface area contributed by atoms with E-state index in [4.69, 9.17) is 15.2 Å². The van der Waals surface area contributed by atoms with Crippen LogP contribution < -0.4 is 21.7 Å². The van der Waals surface area contributed by atoms with Crippen molar-refractivity contribution < 1.29 is 19.3 Å². The van der Waals surface area contributed by atoms with Crippen molar-refractivity contribution in [2.45, 2.75) is 52.9 Å². The van der Waals surface area contributed by atoms with Crippen molar-refractivity contribution in [1.82, 2.24) is 31.3 Å². The van der Waals surface area contributed by atoms with E-state index in [1.807, 2.05) is 0 Å². The lowest BCUT2D eigenvalue weighted by atomic mass is 10.1. The molecule has 0 saturated carbocycles. The predicted molar refractivity (Wildman–Crippen MR) is 117 cm³/mol. The smallest absolute Gasteiger partial charge is 0.204 e.